The van der Waals surface area contributed by atoms with Crippen LogP contribution >= 0.6 is 0 Å². The van der Waals surface area contributed by atoms with Crippen LogP contribution in [0.5, 0.6) is 0 Å². The second kappa shape index (κ2) is 5.62. The van der Waals surface area contributed by atoms with Crippen molar-refractivity contribution in [3.8, 4) is 0 Å². The predicted octanol–water partition coefficient (Wildman–Crippen LogP) is 2.27. The summed E-state index contributed by atoms with van der Waals surface area (Å²) in [7, 11) is 0. The average Bonchev–Trinajstić information content (AvgIpc) is 2.40. The van der Waals surface area contributed by atoms with Gasteiger partial charge in [0.2, 0.25) is 0 Å². The molecule has 2 rings (SSSR count). The highest BCUT2D eigenvalue weighted by Gasteiger charge is 2.09. The molecule has 0 aliphatic heterocycles. The molecule has 0 aromatic heterocycles. The van der Waals surface area contributed by atoms with E-state index < -0.39 is 0 Å². The number of aliphatic hydroxyl groups excluding tert-OH is 1. The molecule has 0 unspecified atom stereocenters. The minimum atomic E-state index is -0.296. The van der Waals surface area contributed by atoms with Crippen molar-refractivity contribution in [1.29, 1.82) is 0 Å². The Morgan fingerprint density at radius 1 is 0.941 bits per heavy atom. The lowest BCUT2D eigenvalue weighted by Crippen LogP contribution is -2.16. The Hall–Kier alpha value is -1.64. The topological polar surface area (TPSA) is 46.2 Å². The molecule has 0 saturated carbocycles. The maximum Gasteiger partial charge on any atom is 0.0624 e. The van der Waals surface area contributed by atoms with E-state index in [0.29, 0.717) is 0 Å². The Morgan fingerprint density at radius 2 is 1.59 bits per heavy atom. The molecule has 3 N–H and O–H groups in total. The average molecular weight is 227 g/mol. The van der Waals surface area contributed by atoms with Crippen LogP contribution in [-0.4, -0.2) is 11.7 Å². The predicted molar refractivity (Wildman–Crippen MR) is 69.7 cm³/mol. The van der Waals surface area contributed by atoms with Crippen molar-refractivity contribution in [2.24, 2.45) is 5.73 Å². The smallest absolute Gasteiger partial charge is 0.0624 e. The van der Waals surface area contributed by atoms with Crippen LogP contribution in [-0.2, 0) is 6.42 Å². The number of aliphatic hydroxyl groups is 1. The molecule has 0 fully saturated rings. The zero-order valence-electron chi connectivity index (χ0n) is 9.71. The van der Waals surface area contributed by atoms with E-state index >= 15 is 0 Å². The molecule has 0 amide bonds. The molecular formula is C15H17NO. The lowest BCUT2D eigenvalue weighted by molar-refractivity contribution is 0.267. The van der Waals surface area contributed by atoms with E-state index in [1.54, 1.807) is 0 Å². The van der Waals surface area contributed by atoms with Gasteiger partial charge in [-0.2, -0.15) is 0 Å². The van der Waals surface area contributed by atoms with Crippen molar-refractivity contribution in [3.63, 3.8) is 0 Å². The Kier molecular flexibility index (Phi) is 3.91. The molecule has 2 heteroatoms. The molecule has 0 aliphatic carbocycles. The van der Waals surface area contributed by atoms with E-state index in [4.69, 9.17) is 10.8 Å². The van der Waals surface area contributed by atoms with Crippen LogP contribution in [0.15, 0.2) is 54.6 Å². The number of nitrogens with two attached hydrogens (primary N) is 1. The molecule has 2 nitrogen and oxygen atoms in total. The van der Waals surface area contributed by atoms with Gasteiger partial charge in [-0.25, -0.2) is 0 Å². The van der Waals surface area contributed by atoms with E-state index in [9.17, 15) is 0 Å². The summed E-state index contributed by atoms with van der Waals surface area (Å²) >= 11 is 0. The van der Waals surface area contributed by atoms with Gasteiger partial charge in [-0.1, -0.05) is 54.6 Å². The zero-order valence-corrected chi connectivity index (χ0v) is 9.71. The molecule has 0 heterocycles. The summed E-state index contributed by atoms with van der Waals surface area (Å²) < 4.78 is 0. The van der Waals surface area contributed by atoms with Gasteiger partial charge in [-0.05, 0) is 23.1 Å². The highest BCUT2D eigenvalue weighted by Crippen LogP contribution is 2.19. The van der Waals surface area contributed by atoms with Gasteiger partial charge >= 0.3 is 0 Å². The van der Waals surface area contributed by atoms with Crippen molar-refractivity contribution in [3.05, 3.63) is 71.3 Å². The molecule has 0 aliphatic rings. The fraction of sp³-hybridized carbons (Fsp3) is 0.200. The molecule has 0 spiro atoms. The van der Waals surface area contributed by atoms with Crippen LogP contribution in [0.2, 0.25) is 0 Å². The first-order valence-electron chi connectivity index (χ1n) is 5.79. The van der Waals surface area contributed by atoms with Crippen molar-refractivity contribution >= 4 is 0 Å². The molecule has 17 heavy (non-hydrogen) atoms. The summed E-state index contributed by atoms with van der Waals surface area (Å²) in [6.45, 7) is -0.0220. The summed E-state index contributed by atoms with van der Waals surface area (Å²) in [6.07, 6.45) is 0.852. The fourth-order valence-electron chi connectivity index (χ4n) is 1.97. The summed E-state index contributed by atoms with van der Waals surface area (Å²) in [5, 5.41) is 9.15. The van der Waals surface area contributed by atoms with Gasteiger partial charge in [0.1, 0.15) is 0 Å². The molecule has 1 atom stereocenters. The van der Waals surface area contributed by atoms with Crippen molar-refractivity contribution in [1.82, 2.24) is 0 Å². The van der Waals surface area contributed by atoms with Crippen LogP contribution in [0.25, 0.3) is 0 Å². The van der Waals surface area contributed by atoms with Gasteiger partial charge in [-0.15, -0.1) is 0 Å². The van der Waals surface area contributed by atoms with Crippen molar-refractivity contribution < 1.29 is 5.11 Å². The third kappa shape index (κ3) is 2.93. The minimum absolute atomic E-state index is 0.0220. The second-order valence-electron chi connectivity index (χ2n) is 4.15. The van der Waals surface area contributed by atoms with Crippen molar-refractivity contribution in [2.75, 3.05) is 6.61 Å². The molecule has 2 aromatic rings. The monoisotopic (exact) mass is 227 g/mol. The van der Waals surface area contributed by atoms with Gasteiger partial charge in [0.15, 0.2) is 0 Å². The van der Waals surface area contributed by atoms with E-state index in [-0.39, 0.29) is 12.6 Å². The summed E-state index contributed by atoms with van der Waals surface area (Å²) in [5.74, 6) is 0. The van der Waals surface area contributed by atoms with Gasteiger partial charge in [0.05, 0.1) is 12.6 Å². The maximum absolute atomic E-state index is 9.15. The van der Waals surface area contributed by atoms with E-state index in [2.05, 4.69) is 18.2 Å². The third-order valence-corrected chi connectivity index (χ3v) is 2.89. The minimum Gasteiger partial charge on any atom is -0.394 e. The lowest BCUT2D eigenvalue weighted by Gasteiger charge is -2.14. The zero-order chi connectivity index (χ0) is 12.1. The Labute approximate surface area is 102 Å². The highest BCUT2D eigenvalue weighted by atomic mass is 16.3. The highest BCUT2D eigenvalue weighted by molar-refractivity contribution is 5.34. The van der Waals surface area contributed by atoms with E-state index in [1.165, 1.54) is 11.1 Å². The lowest BCUT2D eigenvalue weighted by atomic mass is 9.96. The molecule has 0 bridgehead atoms. The number of hydrogen-bond acceptors (Lipinski definition) is 2. The van der Waals surface area contributed by atoms with E-state index in [1.807, 2.05) is 36.4 Å². The van der Waals surface area contributed by atoms with Gasteiger partial charge in [0.25, 0.3) is 0 Å². The molecule has 88 valence electrons. The van der Waals surface area contributed by atoms with Crippen LogP contribution in [0.4, 0.5) is 0 Å². The van der Waals surface area contributed by atoms with Crippen molar-refractivity contribution in [2.45, 2.75) is 12.5 Å². The first-order valence-corrected chi connectivity index (χ1v) is 5.79. The van der Waals surface area contributed by atoms with Gasteiger partial charge < -0.3 is 10.8 Å². The largest absolute Gasteiger partial charge is 0.394 e. The van der Waals surface area contributed by atoms with Gasteiger partial charge in [-0.3, -0.25) is 0 Å². The maximum atomic E-state index is 9.15. The Morgan fingerprint density at radius 3 is 2.29 bits per heavy atom. The molecule has 0 saturated heterocycles. The van der Waals surface area contributed by atoms with E-state index in [0.717, 1.165) is 12.0 Å². The summed E-state index contributed by atoms with van der Waals surface area (Å²) in [4.78, 5) is 0. The second-order valence-corrected chi connectivity index (χ2v) is 4.15. The fourth-order valence-corrected chi connectivity index (χ4v) is 1.97. The quantitative estimate of drug-likeness (QED) is 0.841. The number of benzene rings is 2. The summed E-state index contributed by atoms with van der Waals surface area (Å²) in [5.41, 5.74) is 9.36. The van der Waals surface area contributed by atoms with Crippen LogP contribution in [0.3, 0.4) is 0 Å². The number of hydrogen-bond donors (Lipinski definition) is 2. The first-order chi connectivity index (χ1) is 8.31. The SMILES string of the molecule is N[C@H](CO)c1ccccc1Cc1ccccc1. The third-order valence-electron chi connectivity index (χ3n) is 2.89. The first kappa shape index (κ1) is 11.8. The molecule has 2 aromatic carbocycles. The Balaban J connectivity index is 2.27. The number of rotatable bonds is 4. The van der Waals surface area contributed by atoms with Crippen LogP contribution in [0.1, 0.15) is 22.7 Å². The molecular weight excluding hydrogens is 210 g/mol. The van der Waals surface area contributed by atoms with Crippen LogP contribution < -0.4 is 5.73 Å². The standard InChI is InChI=1S/C15H17NO/c16-15(11-17)14-9-5-4-8-13(14)10-12-6-2-1-3-7-12/h1-9,15,17H,10-11,16H2/t15-/m1/s1. The van der Waals surface area contributed by atoms with Gasteiger partial charge in [0, 0.05) is 0 Å². The van der Waals surface area contributed by atoms with Crippen LogP contribution in [0, 0.1) is 0 Å². The molecule has 0 radical (unpaired) electrons. The summed E-state index contributed by atoms with van der Waals surface area (Å²) in [6, 6.07) is 18.0. The normalized spacial score (nSPS) is 12.4. The Bertz CT molecular complexity index is 467.